The van der Waals surface area contributed by atoms with E-state index in [-0.39, 0.29) is 25.4 Å². The number of fused-ring (bicyclic) bond motifs is 1. The molecule has 1 saturated heterocycles. The number of alkyl halides is 3. The fraction of sp³-hybridized carbons (Fsp3) is 0.667. The van der Waals surface area contributed by atoms with E-state index < -0.39 is 12.1 Å². The van der Waals surface area contributed by atoms with Gasteiger partial charge in [-0.1, -0.05) is 6.92 Å². The lowest BCUT2D eigenvalue weighted by molar-refractivity contribution is -0.186. The van der Waals surface area contributed by atoms with Crippen molar-refractivity contribution in [3.63, 3.8) is 0 Å². The largest absolute Gasteiger partial charge is 0.393 e. The second kappa shape index (κ2) is 7.57. The molecule has 1 amide bonds. The lowest BCUT2D eigenvalue weighted by Gasteiger charge is -2.33. The van der Waals surface area contributed by atoms with Crippen LogP contribution >= 0.6 is 11.3 Å². The van der Waals surface area contributed by atoms with Crippen molar-refractivity contribution in [2.45, 2.75) is 45.2 Å². The zero-order valence-corrected chi connectivity index (χ0v) is 15.5. The number of hydrogen-bond donors (Lipinski definition) is 1. The van der Waals surface area contributed by atoms with Crippen LogP contribution in [-0.2, 0) is 17.6 Å². The monoisotopic (exact) mass is 385 g/mol. The molecular weight excluding hydrogens is 363 g/mol. The maximum absolute atomic E-state index is 12.9. The van der Waals surface area contributed by atoms with Crippen molar-refractivity contribution in [1.29, 1.82) is 5.26 Å². The number of carbonyl (C=O) groups excluding carboxylic acids is 1. The molecule has 2 heterocycles. The number of rotatable bonds is 3. The first-order chi connectivity index (χ1) is 12.3. The summed E-state index contributed by atoms with van der Waals surface area (Å²) in [6.45, 7) is 2.45. The maximum atomic E-state index is 12.9. The third-order valence-corrected chi connectivity index (χ3v) is 6.38. The number of thiophene rings is 1. The topological polar surface area (TPSA) is 56.1 Å². The Labute approximate surface area is 155 Å². The highest BCUT2D eigenvalue weighted by Gasteiger charge is 2.42. The van der Waals surface area contributed by atoms with Gasteiger partial charge in [0.2, 0.25) is 5.91 Å². The van der Waals surface area contributed by atoms with Gasteiger partial charge in [0.05, 0.1) is 18.0 Å². The van der Waals surface area contributed by atoms with Crippen molar-refractivity contribution in [3.8, 4) is 6.07 Å². The lowest BCUT2D eigenvalue weighted by atomic mass is 9.89. The standard InChI is InChI=1S/C18H22F3N3OS/c1-11-4-5-13-14(8-22)17(26-15(13)7-11)23-16(25)10-24-6-2-3-12(9-24)18(19,20)21/h11-12H,2-7,9-10H2,1H3,(H,23,25). The van der Waals surface area contributed by atoms with Crippen LogP contribution in [-0.4, -0.2) is 36.6 Å². The second-order valence-electron chi connectivity index (χ2n) is 7.33. The number of nitrogens with zero attached hydrogens (tertiary/aromatic N) is 2. The van der Waals surface area contributed by atoms with Gasteiger partial charge < -0.3 is 5.32 Å². The quantitative estimate of drug-likeness (QED) is 0.857. The molecule has 26 heavy (non-hydrogen) atoms. The number of carbonyl (C=O) groups is 1. The second-order valence-corrected chi connectivity index (χ2v) is 8.44. The predicted octanol–water partition coefficient (Wildman–Crippen LogP) is 3.96. The Morgan fingerprint density at radius 1 is 1.42 bits per heavy atom. The van der Waals surface area contributed by atoms with E-state index >= 15 is 0 Å². The van der Waals surface area contributed by atoms with E-state index in [4.69, 9.17) is 0 Å². The Morgan fingerprint density at radius 3 is 2.88 bits per heavy atom. The van der Waals surface area contributed by atoms with Crippen LogP contribution in [0.15, 0.2) is 0 Å². The fourth-order valence-electron chi connectivity index (χ4n) is 3.79. The number of halogens is 3. The number of piperidine rings is 1. The van der Waals surface area contributed by atoms with E-state index in [0.717, 1.165) is 29.7 Å². The van der Waals surface area contributed by atoms with Crippen molar-refractivity contribution < 1.29 is 18.0 Å². The van der Waals surface area contributed by atoms with Gasteiger partial charge >= 0.3 is 6.18 Å². The number of hydrogen-bond acceptors (Lipinski definition) is 4. The molecular formula is C18H22F3N3OS. The Kier molecular flexibility index (Phi) is 5.58. The van der Waals surface area contributed by atoms with Crippen LogP contribution in [0.5, 0.6) is 0 Å². The van der Waals surface area contributed by atoms with Gasteiger partial charge in [-0.2, -0.15) is 18.4 Å². The fourth-order valence-corrected chi connectivity index (χ4v) is 5.17. The van der Waals surface area contributed by atoms with Gasteiger partial charge in [-0.15, -0.1) is 11.3 Å². The third kappa shape index (κ3) is 4.21. The molecule has 2 atom stereocenters. The molecule has 0 saturated carbocycles. The number of anilines is 1. The summed E-state index contributed by atoms with van der Waals surface area (Å²) in [5.74, 6) is -1.16. The van der Waals surface area contributed by atoms with Crippen molar-refractivity contribution in [2.75, 3.05) is 25.0 Å². The van der Waals surface area contributed by atoms with Gasteiger partial charge in [0, 0.05) is 11.4 Å². The van der Waals surface area contributed by atoms with Gasteiger partial charge in [-0.25, -0.2) is 0 Å². The Bertz CT molecular complexity index is 722. The van der Waals surface area contributed by atoms with Gasteiger partial charge in [0.15, 0.2) is 0 Å². The predicted molar refractivity (Wildman–Crippen MR) is 94.1 cm³/mol. The Morgan fingerprint density at radius 2 is 2.19 bits per heavy atom. The third-order valence-electron chi connectivity index (χ3n) is 5.21. The van der Waals surface area contributed by atoms with Crippen LogP contribution in [0.1, 0.15) is 42.2 Å². The maximum Gasteiger partial charge on any atom is 0.393 e. The van der Waals surface area contributed by atoms with E-state index in [1.807, 2.05) is 0 Å². The summed E-state index contributed by atoms with van der Waals surface area (Å²) in [4.78, 5) is 15.0. The molecule has 3 rings (SSSR count). The molecule has 8 heteroatoms. The molecule has 0 aromatic carbocycles. The van der Waals surface area contributed by atoms with Crippen LogP contribution in [0.25, 0.3) is 0 Å². The van der Waals surface area contributed by atoms with E-state index in [2.05, 4.69) is 18.3 Å². The van der Waals surface area contributed by atoms with E-state index in [0.29, 0.717) is 29.4 Å². The smallest absolute Gasteiger partial charge is 0.315 e. The molecule has 1 aliphatic heterocycles. The van der Waals surface area contributed by atoms with E-state index in [9.17, 15) is 23.2 Å². The minimum absolute atomic E-state index is 0.0730. The SMILES string of the molecule is CC1CCc2c(sc(NC(=O)CN3CCCC(C(F)(F)F)C3)c2C#N)C1. The minimum atomic E-state index is -4.22. The molecule has 1 aromatic rings. The molecule has 2 aliphatic rings. The molecule has 142 valence electrons. The summed E-state index contributed by atoms with van der Waals surface area (Å²) in [6.07, 6.45) is -0.887. The highest BCUT2D eigenvalue weighted by atomic mass is 32.1. The molecule has 1 aliphatic carbocycles. The normalized spacial score (nSPS) is 24.0. The Balaban J connectivity index is 1.65. The first-order valence-electron chi connectivity index (χ1n) is 8.91. The Hall–Kier alpha value is -1.59. The molecule has 0 spiro atoms. The van der Waals surface area contributed by atoms with Crippen LogP contribution in [0.4, 0.5) is 18.2 Å². The zero-order chi connectivity index (χ0) is 18.9. The van der Waals surface area contributed by atoms with Gasteiger partial charge in [0.1, 0.15) is 11.1 Å². The summed E-state index contributed by atoms with van der Waals surface area (Å²) in [6, 6.07) is 2.19. The summed E-state index contributed by atoms with van der Waals surface area (Å²) < 4.78 is 38.7. The summed E-state index contributed by atoms with van der Waals surface area (Å²) in [5, 5.41) is 12.8. The van der Waals surface area contributed by atoms with Gasteiger partial charge in [0.25, 0.3) is 0 Å². The summed E-state index contributed by atoms with van der Waals surface area (Å²) in [7, 11) is 0. The van der Waals surface area contributed by atoms with Crippen LogP contribution in [0.3, 0.4) is 0 Å². The van der Waals surface area contributed by atoms with E-state index in [1.165, 1.54) is 11.3 Å². The van der Waals surface area contributed by atoms with Crippen molar-refractivity contribution in [1.82, 2.24) is 4.90 Å². The van der Waals surface area contributed by atoms with Crippen molar-refractivity contribution in [3.05, 3.63) is 16.0 Å². The average Bonchev–Trinajstić information content (AvgIpc) is 2.90. The molecule has 1 fully saturated rings. The molecule has 4 nitrogen and oxygen atoms in total. The van der Waals surface area contributed by atoms with Gasteiger partial charge in [-0.05, 0) is 50.1 Å². The first kappa shape index (κ1) is 19.2. The molecule has 1 N–H and O–H groups in total. The van der Waals surface area contributed by atoms with Crippen LogP contribution in [0, 0.1) is 23.2 Å². The molecule has 0 bridgehead atoms. The first-order valence-corrected chi connectivity index (χ1v) is 9.73. The van der Waals surface area contributed by atoms with Crippen molar-refractivity contribution >= 4 is 22.2 Å². The van der Waals surface area contributed by atoms with Crippen LogP contribution < -0.4 is 5.32 Å². The highest BCUT2D eigenvalue weighted by Crippen LogP contribution is 2.39. The molecule has 2 unspecified atom stereocenters. The number of likely N-dealkylation sites (tertiary alicyclic amines) is 1. The minimum Gasteiger partial charge on any atom is -0.315 e. The summed E-state index contributed by atoms with van der Waals surface area (Å²) >= 11 is 1.43. The van der Waals surface area contributed by atoms with E-state index in [1.54, 1.807) is 4.90 Å². The van der Waals surface area contributed by atoms with Crippen molar-refractivity contribution in [2.24, 2.45) is 11.8 Å². The number of nitriles is 1. The average molecular weight is 385 g/mol. The summed E-state index contributed by atoms with van der Waals surface area (Å²) in [5.41, 5.74) is 1.55. The number of amides is 1. The highest BCUT2D eigenvalue weighted by molar-refractivity contribution is 7.16. The lowest BCUT2D eigenvalue weighted by Crippen LogP contribution is -2.44. The van der Waals surface area contributed by atoms with Crippen LogP contribution in [0.2, 0.25) is 0 Å². The van der Waals surface area contributed by atoms with Gasteiger partial charge in [-0.3, -0.25) is 9.69 Å². The molecule has 1 aromatic heterocycles. The number of nitrogens with one attached hydrogen (secondary N) is 1. The molecule has 0 radical (unpaired) electrons. The zero-order valence-electron chi connectivity index (χ0n) is 14.7.